The molecule has 0 aliphatic rings. The van der Waals surface area contributed by atoms with Gasteiger partial charge in [0.15, 0.2) is 0 Å². The van der Waals surface area contributed by atoms with E-state index in [2.05, 4.69) is 61.8 Å². The molecule has 3 aromatic carbocycles. The molecule has 192 valence electrons. The maximum absolute atomic E-state index is 13.2. The third-order valence-electron chi connectivity index (χ3n) is 6.13. The van der Waals surface area contributed by atoms with E-state index < -0.39 is 0 Å². The number of anilines is 1. The molecular weight excluding hydrogens is 453 g/mol. The molecule has 0 saturated heterocycles. The Morgan fingerprint density at radius 2 is 1.44 bits per heavy atom. The summed E-state index contributed by atoms with van der Waals surface area (Å²) in [6.45, 7) is 11.2. The zero-order chi connectivity index (χ0) is 26.1. The fourth-order valence-electron chi connectivity index (χ4n) is 4.14. The molecule has 0 aliphatic heterocycles. The Labute approximate surface area is 214 Å². The zero-order valence-corrected chi connectivity index (χ0v) is 21.8. The van der Waals surface area contributed by atoms with Crippen LogP contribution in [0.25, 0.3) is 0 Å². The first kappa shape index (κ1) is 27.4. The summed E-state index contributed by atoms with van der Waals surface area (Å²) < 4.78 is 19.1. The minimum Gasteiger partial charge on any atom is -0.359 e. The second-order valence-electron chi connectivity index (χ2n) is 9.67. The fraction of sp³-hybridized carbons (Fsp3) is 0.367. The van der Waals surface area contributed by atoms with Gasteiger partial charge in [-0.3, -0.25) is 5.32 Å². The molecule has 36 heavy (non-hydrogen) atoms. The molecule has 2 atom stereocenters. The molecular formula is C30H38FN3O2. The van der Waals surface area contributed by atoms with Crippen LogP contribution >= 0.6 is 0 Å². The highest BCUT2D eigenvalue weighted by molar-refractivity contribution is 5.91. The second-order valence-corrected chi connectivity index (χ2v) is 9.67. The Morgan fingerprint density at radius 1 is 0.833 bits per heavy atom. The van der Waals surface area contributed by atoms with Crippen LogP contribution in [0, 0.1) is 5.82 Å². The van der Waals surface area contributed by atoms with Crippen molar-refractivity contribution < 1.29 is 13.9 Å². The van der Waals surface area contributed by atoms with Crippen LogP contribution in [0.5, 0.6) is 0 Å². The zero-order valence-electron chi connectivity index (χ0n) is 21.8. The van der Waals surface area contributed by atoms with Gasteiger partial charge in [-0.15, -0.1) is 0 Å². The number of benzene rings is 3. The number of carbonyl (C=O) groups is 1. The van der Waals surface area contributed by atoms with Gasteiger partial charge >= 0.3 is 6.03 Å². The number of hydrogen-bond acceptors (Lipinski definition) is 3. The van der Waals surface area contributed by atoms with Crippen LogP contribution in [0.2, 0.25) is 0 Å². The quantitative estimate of drug-likeness (QED) is 0.251. The molecule has 3 rings (SSSR count). The van der Waals surface area contributed by atoms with Crippen LogP contribution in [0.4, 0.5) is 14.9 Å². The van der Waals surface area contributed by atoms with Crippen LogP contribution in [0.3, 0.4) is 0 Å². The number of nitrogens with one attached hydrogen (secondary N) is 3. The van der Waals surface area contributed by atoms with E-state index in [0.717, 1.165) is 27.9 Å². The Hall–Kier alpha value is -3.22. The molecule has 0 spiro atoms. The van der Waals surface area contributed by atoms with Gasteiger partial charge in [-0.2, -0.15) is 0 Å². The van der Waals surface area contributed by atoms with Crippen LogP contribution in [-0.4, -0.2) is 18.8 Å². The molecule has 0 bridgehead atoms. The van der Waals surface area contributed by atoms with Crippen LogP contribution < -0.4 is 16.0 Å². The maximum atomic E-state index is 13.2. The van der Waals surface area contributed by atoms with Crippen LogP contribution in [0.15, 0.2) is 72.8 Å². The maximum Gasteiger partial charge on any atom is 0.319 e. The van der Waals surface area contributed by atoms with E-state index in [9.17, 15) is 9.18 Å². The molecule has 0 heterocycles. The number of carbonyl (C=O) groups excluding carboxylic acids is 1. The van der Waals surface area contributed by atoms with Crippen molar-refractivity contribution >= 4 is 11.7 Å². The Kier molecular flexibility index (Phi) is 10.0. The first-order valence-electron chi connectivity index (χ1n) is 12.6. The Bertz CT molecular complexity index is 1070. The van der Waals surface area contributed by atoms with Gasteiger partial charge in [0.1, 0.15) is 12.0 Å². The fourth-order valence-corrected chi connectivity index (χ4v) is 4.14. The molecule has 6 heteroatoms. The lowest BCUT2D eigenvalue weighted by molar-refractivity contribution is 0.0223. The predicted molar refractivity (Wildman–Crippen MR) is 145 cm³/mol. The molecule has 3 N–H and O–H groups in total. The highest BCUT2D eigenvalue weighted by Gasteiger charge is 2.19. The first-order chi connectivity index (χ1) is 17.2. The first-order valence-corrected chi connectivity index (χ1v) is 12.6. The van der Waals surface area contributed by atoms with Crippen LogP contribution in [0.1, 0.15) is 74.8 Å². The van der Waals surface area contributed by atoms with Crippen molar-refractivity contribution in [3.05, 3.63) is 101 Å². The van der Waals surface area contributed by atoms with E-state index in [4.69, 9.17) is 4.74 Å². The molecule has 0 aromatic heterocycles. The average molecular weight is 492 g/mol. The largest absolute Gasteiger partial charge is 0.359 e. The van der Waals surface area contributed by atoms with Gasteiger partial charge in [0, 0.05) is 12.2 Å². The summed E-state index contributed by atoms with van der Waals surface area (Å²) in [5.74, 6) is 0.309. The average Bonchev–Trinajstić information content (AvgIpc) is 2.86. The minimum absolute atomic E-state index is 0.162. The normalized spacial score (nSPS) is 13.0. The lowest BCUT2D eigenvalue weighted by atomic mass is 9.93. The number of para-hydroxylation sites is 1. The van der Waals surface area contributed by atoms with Crippen LogP contribution in [-0.2, 0) is 11.3 Å². The van der Waals surface area contributed by atoms with Gasteiger partial charge in [-0.1, -0.05) is 88.4 Å². The molecule has 5 nitrogen and oxygen atoms in total. The molecule has 0 fully saturated rings. The van der Waals surface area contributed by atoms with Crippen molar-refractivity contribution in [2.75, 3.05) is 11.9 Å². The van der Waals surface area contributed by atoms with Gasteiger partial charge in [0.05, 0.1) is 12.6 Å². The summed E-state index contributed by atoms with van der Waals surface area (Å²) in [5.41, 5.74) is 5.07. The number of halogens is 1. The Balaban J connectivity index is 1.66. The highest BCUT2D eigenvalue weighted by atomic mass is 19.1. The van der Waals surface area contributed by atoms with Crippen molar-refractivity contribution in [2.45, 2.75) is 65.3 Å². The predicted octanol–water partition coefficient (Wildman–Crippen LogP) is 7.09. The van der Waals surface area contributed by atoms with E-state index in [-0.39, 0.29) is 36.0 Å². The van der Waals surface area contributed by atoms with Crippen molar-refractivity contribution in [1.29, 1.82) is 0 Å². The number of hydrogen-bond donors (Lipinski definition) is 3. The topological polar surface area (TPSA) is 62.4 Å². The summed E-state index contributed by atoms with van der Waals surface area (Å²) in [7, 11) is 0. The van der Waals surface area contributed by atoms with Gasteiger partial charge in [0.25, 0.3) is 0 Å². The molecule has 0 aliphatic carbocycles. The number of ether oxygens (including phenoxy) is 1. The minimum atomic E-state index is -0.292. The third kappa shape index (κ3) is 7.90. The van der Waals surface area contributed by atoms with E-state index in [1.54, 1.807) is 12.1 Å². The summed E-state index contributed by atoms with van der Waals surface area (Å²) in [6.07, 6.45) is -0.292. The second kappa shape index (κ2) is 13.2. The number of urea groups is 1. The van der Waals surface area contributed by atoms with E-state index >= 15 is 0 Å². The monoisotopic (exact) mass is 491 g/mol. The van der Waals surface area contributed by atoms with Gasteiger partial charge < -0.3 is 15.4 Å². The molecule has 3 aromatic rings. The van der Waals surface area contributed by atoms with Gasteiger partial charge in [-0.05, 0) is 53.1 Å². The third-order valence-corrected chi connectivity index (χ3v) is 6.13. The van der Waals surface area contributed by atoms with Crippen molar-refractivity contribution in [2.24, 2.45) is 0 Å². The van der Waals surface area contributed by atoms with E-state index in [0.29, 0.717) is 13.2 Å². The van der Waals surface area contributed by atoms with Crippen molar-refractivity contribution in [3.63, 3.8) is 0 Å². The molecule has 2 unspecified atom stereocenters. The highest BCUT2D eigenvalue weighted by Crippen LogP contribution is 2.32. The van der Waals surface area contributed by atoms with Gasteiger partial charge in [0.2, 0.25) is 0 Å². The Morgan fingerprint density at radius 3 is 2.03 bits per heavy atom. The number of rotatable bonds is 11. The molecule has 0 radical (unpaired) electrons. The van der Waals surface area contributed by atoms with Gasteiger partial charge in [-0.25, -0.2) is 9.18 Å². The smallest absolute Gasteiger partial charge is 0.319 e. The summed E-state index contributed by atoms with van der Waals surface area (Å²) in [6, 6.07) is 22.0. The van der Waals surface area contributed by atoms with E-state index in [1.807, 2.05) is 37.3 Å². The van der Waals surface area contributed by atoms with Crippen molar-refractivity contribution in [1.82, 2.24) is 10.6 Å². The standard InChI is InChI=1S/C30H38FN3O2/c1-20(2)26-12-9-13-27(21(3)4)29(26)34-30(35)32-18-28(24-10-7-6-8-11-24)33-22(5)36-19-23-14-16-25(31)17-15-23/h6-17,20-22,28,33H,18-19H2,1-5H3,(H2,32,34,35). The molecule has 0 saturated carbocycles. The number of amides is 2. The summed E-state index contributed by atoms with van der Waals surface area (Å²) in [4.78, 5) is 13.0. The summed E-state index contributed by atoms with van der Waals surface area (Å²) in [5, 5.41) is 9.61. The SMILES string of the molecule is CC(NC(CNC(=O)Nc1c(C(C)C)cccc1C(C)C)c1ccccc1)OCc1ccc(F)cc1. The van der Waals surface area contributed by atoms with E-state index in [1.165, 1.54) is 12.1 Å². The van der Waals surface area contributed by atoms with Crippen molar-refractivity contribution in [3.8, 4) is 0 Å². The lowest BCUT2D eigenvalue weighted by Gasteiger charge is -2.25. The molecule has 2 amide bonds. The summed E-state index contributed by atoms with van der Waals surface area (Å²) >= 11 is 0. The lowest BCUT2D eigenvalue weighted by Crippen LogP contribution is -2.41.